The molecule has 1 aromatic carbocycles. The number of rotatable bonds is 4. The first kappa shape index (κ1) is 14.4. The van der Waals surface area contributed by atoms with E-state index in [1.807, 2.05) is 25.1 Å². The summed E-state index contributed by atoms with van der Waals surface area (Å²) in [5, 5.41) is 5.81. The van der Waals surface area contributed by atoms with Gasteiger partial charge in [0.05, 0.1) is 11.9 Å². The fraction of sp³-hybridized carbons (Fsp3) is 0.357. The fourth-order valence-corrected chi connectivity index (χ4v) is 1.89. The molecule has 1 unspecified atom stereocenters. The Hall–Kier alpha value is -2.05. The standard InChI is InChI=1S/C14H20N4O2/c1-10-5-6-11(2)13(9-10)17-7-8-18(16-17)20-12(3)14(19)15-4/h5-9,12,16H,1-4H3,(H,15,19). The summed E-state index contributed by atoms with van der Waals surface area (Å²) >= 11 is 0. The Kier molecular flexibility index (Phi) is 4.26. The van der Waals surface area contributed by atoms with Crippen LogP contribution in [0.15, 0.2) is 30.6 Å². The number of carbonyl (C=O) groups is 1. The van der Waals surface area contributed by atoms with Crippen LogP contribution in [0.1, 0.15) is 18.1 Å². The lowest BCUT2D eigenvalue weighted by molar-refractivity contribution is -0.191. The van der Waals surface area contributed by atoms with Crippen LogP contribution in [-0.2, 0) is 9.63 Å². The highest BCUT2D eigenvalue weighted by Gasteiger charge is 2.20. The van der Waals surface area contributed by atoms with Crippen LogP contribution in [-0.4, -0.2) is 24.2 Å². The van der Waals surface area contributed by atoms with Crippen LogP contribution in [0, 0.1) is 13.8 Å². The predicted octanol–water partition coefficient (Wildman–Crippen LogP) is 1.38. The van der Waals surface area contributed by atoms with Crippen LogP contribution in [0.4, 0.5) is 5.69 Å². The molecule has 0 aromatic heterocycles. The molecule has 1 aliphatic rings. The van der Waals surface area contributed by atoms with Crippen molar-refractivity contribution in [3.63, 3.8) is 0 Å². The molecule has 1 aromatic rings. The Morgan fingerprint density at radius 3 is 2.80 bits per heavy atom. The van der Waals surface area contributed by atoms with Gasteiger partial charge in [-0.1, -0.05) is 12.1 Å². The molecule has 108 valence electrons. The first-order chi connectivity index (χ1) is 9.51. The topological polar surface area (TPSA) is 56.8 Å². The van der Waals surface area contributed by atoms with E-state index in [4.69, 9.17) is 4.84 Å². The number of likely N-dealkylation sites (N-methyl/N-ethyl adjacent to an activating group) is 1. The summed E-state index contributed by atoms with van der Waals surface area (Å²) in [6.07, 6.45) is 3.00. The van der Waals surface area contributed by atoms with Crippen LogP contribution in [0.25, 0.3) is 0 Å². The average molecular weight is 276 g/mol. The number of hydroxylamine groups is 1. The molecule has 1 aliphatic heterocycles. The highest BCUT2D eigenvalue weighted by atomic mass is 16.7. The van der Waals surface area contributed by atoms with Crippen molar-refractivity contribution in [3.05, 3.63) is 41.7 Å². The van der Waals surface area contributed by atoms with Gasteiger partial charge in [0, 0.05) is 13.2 Å². The van der Waals surface area contributed by atoms with E-state index in [1.165, 1.54) is 10.7 Å². The van der Waals surface area contributed by atoms with Crippen molar-refractivity contribution in [2.75, 3.05) is 12.1 Å². The Labute approximate surface area is 118 Å². The van der Waals surface area contributed by atoms with Crippen LogP contribution >= 0.6 is 0 Å². The minimum Gasteiger partial charge on any atom is -0.357 e. The molecule has 0 bridgehead atoms. The zero-order valence-electron chi connectivity index (χ0n) is 12.2. The maximum atomic E-state index is 11.4. The number of carbonyl (C=O) groups excluding carboxylic acids is 1. The van der Waals surface area contributed by atoms with Gasteiger partial charge in [0.1, 0.15) is 0 Å². The SMILES string of the molecule is CNC(=O)C(C)ON1C=CN(c2cc(C)ccc2C)N1. The van der Waals surface area contributed by atoms with Crippen LogP contribution in [0.3, 0.4) is 0 Å². The second-order valence-corrected chi connectivity index (χ2v) is 4.75. The fourth-order valence-electron chi connectivity index (χ4n) is 1.89. The highest BCUT2D eigenvalue weighted by Crippen LogP contribution is 2.22. The largest absolute Gasteiger partial charge is 0.357 e. The van der Waals surface area contributed by atoms with Gasteiger partial charge in [-0.25, -0.2) is 4.84 Å². The summed E-state index contributed by atoms with van der Waals surface area (Å²) < 4.78 is 0. The first-order valence-electron chi connectivity index (χ1n) is 6.50. The number of hydrazine groups is 2. The second-order valence-electron chi connectivity index (χ2n) is 4.75. The number of anilines is 1. The number of aryl methyl sites for hydroxylation is 2. The number of nitrogens with one attached hydrogen (secondary N) is 2. The van der Waals surface area contributed by atoms with Crippen molar-refractivity contribution in [1.29, 1.82) is 0 Å². The number of benzene rings is 1. The molecule has 0 saturated carbocycles. The third-order valence-electron chi connectivity index (χ3n) is 3.07. The van der Waals surface area contributed by atoms with Gasteiger partial charge in [0.25, 0.3) is 5.91 Å². The van der Waals surface area contributed by atoms with E-state index in [0.29, 0.717) is 0 Å². The van der Waals surface area contributed by atoms with E-state index in [9.17, 15) is 4.79 Å². The van der Waals surface area contributed by atoms with Gasteiger partial charge in [0.2, 0.25) is 0 Å². The van der Waals surface area contributed by atoms with Crippen molar-refractivity contribution in [3.8, 4) is 0 Å². The molecule has 0 aliphatic carbocycles. The number of amides is 1. The summed E-state index contributed by atoms with van der Waals surface area (Å²) in [7, 11) is 1.58. The normalized spacial score (nSPS) is 15.6. The molecule has 6 heteroatoms. The van der Waals surface area contributed by atoms with Crippen molar-refractivity contribution in [1.82, 2.24) is 16.0 Å². The molecular weight excluding hydrogens is 256 g/mol. The molecule has 0 radical (unpaired) electrons. The zero-order chi connectivity index (χ0) is 14.7. The summed E-state index contributed by atoms with van der Waals surface area (Å²) in [6.45, 7) is 5.78. The van der Waals surface area contributed by atoms with Gasteiger partial charge >= 0.3 is 0 Å². The van der Waals surface area contributed by atoms with E-state index < -0.39 is 6.10 Å². The molecule has 2 N–H and O–H groups in total. The molecular formula is C14H20N4O2. The van der Waals surface area contributed by atoms with Gasteiger partial charge in [-0.2, -0.15) is 5.17 Å². The molecule has 2 rings (SSSR count). The van der Waals surface area contributed by atoms with Crippen LogP contribution in [0.5, 0.6) is 0 Å². The first-order valence-corrected chi connectivity index (χ1v) is 6.50. The molecule has 0 saturated heterocycles. The molecule has 1 amide bonds. The minimum absolute atomic E-state index is 0.176. The third kappa shape index (κ3) is 3.09. The van der Waals surface area contributed by atoms with E-state index in [1.54, 1.807) is 20.2 Å². The lowest BCUT2D eigenvalue weighted by Crippen LogP contribution is -2.44. The summed E-state index contributed by atoms with van der Waals surface area (Å²) in [5.74, 6) is -0.176. The lowest BCUT2D eigenvalue weighted by Gasteiger charge is -2.25. The van der Waals surface area contributed by atoms with E-state index in [-0.39, 0.29) is 5.91 Å². The van der Waals surface area contributed by atoms with Crippen molar-refractivity contribution in [2.24, 2.45) is 0 Å². The smallest absolute Gasteiger partial charge is 0.251 e. The molecule has 6 nitrogen and oxygen atoms in total. The van der Waals surface area contributed by atoms with Gasteiger partial charge in [-0.05, 0) is 38.0 Å². The zero-order valence-corrected chi connectivity index (χ0v) is 12.2. The molecule has 0 spiro atoms. The summed E-state index contributed by atoms with van der Waals surface area (Å²) in [4.78, 5) is 16.9. The second kappa shape index (κ2) is 5.94. The number of hydrogen-bond acceptors (Lipinski definition) is 5. The van der Waals surface area contributed by atoms with Crippen molar-refractivity contribution in [2.45, 2.75) is 26.9 Å². The molecule has 1 heterocycles. The summed E-state index contributed by atoms with van der Waals surface area (Å²) in [6, 6.07) is 6.22. The highest BCUT2D eigenvalue weighted by molar-refractivity contribution is 5.79. The Morgan fingerprint density at radius 1 is 1.35 bits per heavy atom. The van der Waals surface area contributed by atoms with Gasteiger partial charge < -0.3 is 5.32 Å². The molecule has 1 atom stereocenters. The maximum absolute atomic E-state index is 11.4. The van der Waals surface area contributed by atoms with E-state index >= 15 is 0 Å². The number of nitrogens with zero attached hydrogens (tertiary/aromatic N) is 2. The Morgan fingerprint density at radius 2 is 2.10 bits per heavy atom. The van der Waals surface area contributed by atoms with Crippen molar-refractivity contribution >= 4 is 11.6 Å². The lowest BCUT2D eigenvalue weighted by atomic mass is 10.1. The number of hydrogen-bond donors (Lipinski definition) is 2. The molecule has 0 fully saturated rings. The minimum atomic E-state index is -0.573. The maximum Gasteiger partial charge on any atom is 0.251 e. The molecule has 20 heavy (non-hydrogen) atoms. The van der Waals surface area contributed by atoms with E-state index in [2.05, 4.69) is 29.1 Å². The van der Waals surface area contributed by atoms with Crippen LogP contribution < -0.4 is 15.9 Å². The average Bonchev–Trinajstić information content (AvgIpc) is 2.88. The Balaban J connectivity index is 2.01. The Bertz CT molecular complexity index is 530. The van der Waals surface area contributed by atoms with E-state index in [0.717, 1.165) is 11.3 Å². The third-order valence-corrected chi connectivity index (χ3v) is 3.07. The van der Waals surface area contributed by atoms with Crippen LogP contribution in [0.2, 0.25) is 0 Å². The van der Waals surface area contributed by atoms with Gasteiger partial charge in [-0.15, -0.1) is 5.53 Å². The van der Waals surface area contributed by atoms with Gasteiger partial charge in [-0.3, -0.25) is 9.80 Å². The summed E-state index contributed by atoms with van der Waals surface area (Å²) in [5.41, 5.74) is 6.41. The van der Waals surface area contributed by atoms with Crippen molar-refractivity contribution < 1.29 is 9.63 Å². The predicted molar refractivity (Wildman–Crippen MR) is 77.1 cm³/mol. The quantitative estimate of drug-likeness (QED) is 0.870. The van der Waals surface area contributed by atoms with Gasteiger partial charge in [0.15, 0.2) is 6.10 Å². The monoisotopic (exact) mass is 276 g/mol.